The summed E-state index contributed by atoms with van der Waals surface area (Å²) >= 11 is 0. The molecule has 1 aliphatic rings. The topological polar surface area (TPSA) is 237 Å². The number of nitrogens with zero attached hydrogens (tertiary/aromatic N) is 1. The first-order chi connectivity index (χ1) is 17.9. The molecule has 0 radical (unpaired) electrons. The second-order valence-corrected chi connectivity index (χ2v) is 8.99. The van der Waals surface area contributed by atoms with Crippen LogP contribution >= 0.6 is 0 Å². The van der Waals surface area contributed by atoms with Crippen molar-refractivity contribution in [1.82, 2.24) is 15.5 Å². The number of carboxylic acids is 3. The lowest BCUT2D eigenvalue weighted by Crippen LogP contribution is -2.56. The summed E-state index contributed by atoms with van der Waals surface area (Å²) in [4.78, 5) is 73.5. The number of phenolic OH excluding ortho intramolecular Hbond substituents is 1. The number of aliphatic carboxylic acids is 3. The molecule has 4 unspecified atom stereocenters. The molecule has 4 atom stereocenters. The molecular formula is C24H32N4O10. The quantitative estimate of drug-likeness (QED) is 0.153. The fourth-order valence-corrected chi connectivity index (χ4v) is 4.09. The number of hydrogen-bond acceptors (Lipinski definition) is 8. The van der Waals surface area contributed by atoms with Crippen LogP contribution < -0.4 is 16.4 Å². The minimum Gasteiger partial charge on any atom is -0.508 e. The molecule has 0 spiro atoms. The zero-order valence-electron chi connectivity index (χ0n) is 20.5. The van der Waals surface area contributed by atoms with E-state index in [1.807, 2.05) is 0 Å². The van der Waals surface area contributed by atoms with Gasteiger partial charge in [0.1, 0.15) is 23.9 Å². The van der Waals surface area contributed by atoms with E-state index in [1.165, 1.54) is 17.0 Å². The number of amides is 3. The van der Waals surface area contributed by atoms with Crippen molar-refractivity contribution in [3.05, 3.63) is 29.8 Å². The number of aromatic hydroxyl groups is 1. The molecule has 0 bridgehead atoms. The van der Waals surface area contributed by atoms with E-state index in [2.05, 4.69) is 10.6 Å². The number of carbonyl (C=O) groups excluding carboxylic acids is 3. The summed E-state index contributed by atoms with van der Waals surface area (Å²) in [5, 5.41) is 41.1. The molecule has 1 aromatic carbocycles. The Morgan fingerprint density at radius 3 is 2.05 bits per heavy atom. The van der Waals surface area contributed by atoms with Gasteiger partial charge in [0, 0.05) is 19.4 Å². The Hall–Kier alpha value is -4.20. The number of carboxylic acid groups (broad SMARTS) is 3. The van der Waals surface area contributed by atoms with Crippen LogP contribution in [0.5, 0.6) is 5.75 Å². The van der Waals surface area contributed by atoms with E-state index in [-0.39, 0.29) is 31.6 Å². The van der Waals surface area contributed by atoms with Crippen LogP contribution in [0.3, 0.4) is 0 Å². The first-order valence-corrected chi connectivity index (χ1v) is 12.0. The first kappa shape index (κ1) is 30.0. The molecule has 1 aliphatic heterocycles. The van der Waals surface area contributed by atoms with E-state index < -0.39 is 79.1 Å². The van der Waals surface area contributed by atoms with Gasteiger partial charge in [-0.05, 0) is 49.8 Å². The molecule has 208 valence electrons. The lowest BCUT2D eigenvalue weighted by molar-refractivity contribution is -0.144. The number of phenols is 1. The Kier molecular flexibility index (Phi) is 11.0. The Morgan fingerprint density at radius 2 is 1.50 bits per heavy atom. The third-order valence-corrected chi connectivity index (χ3v) is 6.09. The van der Waals surface area contributed by atoms with Crippen LogP contribution in [0.1, 0.15) is 44.1 Å². The van der Waals surface area contributed by atoms with Gasteiger partial charge in [0.15, 0.2) is 0 Å². The zero-order chi connectivity index (χ0) is 28.4. The van der Waals surface area contributed by atoms with Crippen molar-refractivity contribution in [2.24, 2.45) is 5.73 Å². The second kappa shape index (κ2) is 13.9. The fraction of sp³-hybridized carbons (Fsp3) is 0.500. The van der Waals surface area contributed by atoms with Crippen molar-refractivity contribution < 1.29 is 49.2 Å². The van der Waals surface area contributed by atoms with E-state index in [0.717, 1.165) is 0 Å². The van der Waals surface area contributed by atoms with Gasteiger partial charge in [0.25, 0.3) is 0 Å². The summed E-state index contributed by atoms with van der Waals surface area (Å²) in [5.41, 5.74) is 6.78. The van der Waals surface area contributed by atoms with Crippen LogP contribution in [-0.4, -0.2) is 91.7 Å². The van der Waals surface area contributed by atoms with Crippen LogP contribution in [0.4, 0.5) is 0 Å². The third kappa shape index (κ3) is 9.03. The average Bonchev–Trinajstić information content (AvgIpc) is 3.34. The predicted octanol–water partition coefficient (Wildman–Crippen LogP) is -0.963. The molecule has 3 amide bonds. The summed E-state index contributed by atoms with van der Waals surface area (Å²) < 4.78 is 0. The van der Waals surface area contributed by atoms with E-state index in [4.69, 9.17) is 15.9 Å². The third-order valence-electron chi connectivity index (χ3n) is 6.09. The minimum absolute atomic E-state index is 0.0583. The van der Waals surface area contributed by atoms with E-state index >= 15 is 0 Å². The van der Waals surface area contributed by atoms with Gasteiger partial charge in [-0.3, -0.25) is 24.0 Å². The molecule has 38 heavy (non-hydrogen) atoms. The highest BCUT2D eigenvalue weighted by atomic mass is 16.4. The van der Waals surface area contributed by atoms with E-state index in [9.17, 15) is 39.0 Å². The Balaban J connectivity index is 2.09. The van der Waals surface area contributed by atoms with Crippen molar-refractivity contribution in [1.29, 1.82) is 0 Å². The number of nitrogens with one attached hydrogen (secondary N) is 2. The second-order valence-electron chi connectivity index (χ2n) is 8.99. The smallest absolute Gasteiger partial charge is 0.326 e. The monoisotopic (exact) mass is 536 g/mol. The maximum Gasteiger partial charge on any atom is 0.326 e. The van der Waals surface area contributed by atoms with Crippen molar-refractivity contribution >= 4 is 35.6 Å². The highest BCUT2D eigenvalue weighted by molar-refractivity contribution is 5.94. The number of likely N-dealkylation sites (tertiary alicyclic amines) is 1. The molecule has 14 nitrogen and oxygen atoms in total. The first-order valence-electron chi connectivity index (χ1n) is 12.0. The number of rotatable bonds is 14. The number of hydrogen-bond donors (Lipinski definition) is 7. The van der Waals surface area contributed by atoms with Crippen molar-refractivity contribution in [3.8, 4) is 5.75 Å². The van der Waals surface area contributed by atoms with Gasteiger partial charge >= 0.3 is 17.9 Å². The van der Waals surface area contributed by atoms with Crippen LogP contribution in [0.15, 0.2) is 24.3 Å². The normalized spacial score (nSPS) is 17.2. The van der Waals surface area contributed by atoms with Crippen LogP contribution in [0.25, 0.3) is 0 Å². The Bertz CT molecular complexity index is 1050. The Morgan fingerprint density at radius 1 is 0.921 bits per heavy atom. The van der Waals surface area contributed by atoms with Crippen LogP contribution in [0.2, 0.25) is 0 Å². The Labute approximate surface area is 217 Å². The van der Waals surface area contributed by atoms with E-state index in [0.29, 0.717) is 12.0 Å². The summed E-state index contributed by atoms with van der Waals surface area (Å²) in [6.07, 6.45) is -0.923. The molecule has 1 fully saturated rings. The molecule has 0 aromatic heterocycles. The summed E-state index contributed by atoms with van der Waals surface area (Å²) in [6, 6.07) is 1.18. The maximum atomic E-state index is 13.1. The maximum absolute atomic E-state index is 13.1. The molecule has 0 saturated carbocycles. The number of carbonyl (C=O) groups is 6. The average molecular weight is 537 g/mol. The molecule has 8 N–H and O–H groups in total. The standard InChI is InChI=1S/C24H32N4O10/c25-15(12-13-3-5-14(29)6-4-13)23(36)28-11-1-2-18(28)22(35)26-16(7-9-19(30)31)21(34)27-17(24(37)38)8-10-20(32)33/h3-6,15-18,29H,1-2,7-12,25H2,(H,26,35)(H,27,34)(H,30,31)(H,32,33)(H,37,38). The summed E-state index contributed by atoms with van der Waals surface area (Å²) in [7, 11) is 0. The highest BCUT2D eigenvalue weighted by Gasteiger charge is 2.38. The van der Waals surface area contributed by atoms with Crippen molar-refractivity contribution in [3.63, 3.8) is 0 Å². The lowest BCUT2D eigenvalue weighted by atomic mass is 10.0. The molecule has 2 rings (SSSR count). The zero-order valence-corrected chi connectivity index (χ0v) is 20.5. The molecular weight excluding hydrogens is 504 g/mol. The largest absolute Gasteiger partial charge is 0.508 e. The van der Waals surface area contributed by atoms with Gasteiger partial charge in [-0.1, -0.05) is 12.1 Å². The van der Waals surface area contributed by atoms with Gasteiger partial charge in [0.05, 0.1) is 6.04 Å². The molecule has 1 heterocycles. The van der Waals surface area contributed by atoms with Gasteiger partial charge < -0.3 is 41.7 Å². The van der Waals surface area contributed by atoms with Crippen LogP contribution in [-0.2, 0) is 35.2 Å². The summed E-state index contributed by atoms with van der Waals surface area (Å²) in [6.45, 7) is 0.239. The lowest BCUT2D eigenvalue weighted by Gasteiger charge is -2.28. The molecule has 1 aromatic rings. The number of nitrogens with two attached hydrogens (primary N) is 1. The molecule has 0 aliphatic carbocycles. The predicted molar refractivity (Wildman–Crippen MR) is 130 cm³/mol. The molecule has 14 heteroatoms. The van der Waals surface area contributed by atoms with Crippen LogP contribution in [0, 0.1) is 0 Å². The number of benzene rings is 1. The van der Waals surface area contributed by atoms with Crippen molar-refractivity contribution in [2.45, 2.75) is 69.1 Å². The van der Waals surface area contributed by atoms with Crippen molar-refractivity contribution in [2.75, 3.05) is 6.54 Å². The van der Waals surface area contributed by atoms with Gasteiger partial charge in [-0.2, -0.15) is 0 Å². The van der Waals surface area contributed by atoms with Gasteiger partial charge in [-0.25, -0.2) is 4.79 Å². The molecule has 1 saturated heterocycles. The van der Waals surface area contributed by atoms with Gasteiger partial charge in [-0.15, -0.1) is 0 Å². The highest BCUT2D eigenvalue weighted by Crippen LogP contribution is 2.20. The van der Waals surface area contributed by atoms with E-state index in [1.54, 1.807) is 12.1 Å². The SMILES string of the molecule is NC(Cc1ccc(O)cc1)C(=O)N1CCCC1C(=O)NC(CCC(=O)O)C(=O)NC(CCC(=O)O)C(=O)O. The van der Waals surface area contributed by atoms with Gasteiger partial charge in [0.2, 0.25) is 17.7 Å². The minimum atomic E-state index is -1.56. The summed E-state index contributed by atoms with van der Waals surface area (Å²) in [5.74, 6) is -6.16. The fourth-order valence-electron chi connectivity index (χ4n) is 4.09.